The van der Waals surface area contributed by atoms with E-state index in [1.54, 1.807) is 0 Å². The maximum absolute atomic E-state index is 11.9. The first-order valence-corrected chi connectivity index (χ1v) is 5.38. The fourth-order valence-electron chi connectivity index (χ4n) is 1.23. The number of methoxy groups -OCH3 is 1. The Morgan fingerprint density at radius 2 is 2.11 bits per heavy atom. The van der Waals surface area contributed by atoms with Crippen molar-refractivity contribution in [3.05, 3.63) is 17.8 Å². The number of anilines is 1. The minimum absolute atomic E-state index is 0.0254. The molecule has 8 heteroatoms. The summed E-state index contributed by atoms with van der Waals surface area (Å²) < 4.78 is 45.2. The first-order chi connectivity index (χ1) is 8.83. The summed E-state index contributed by atoms with van der Waals surface area (Å²) in [6, 6.07) is 2.71. The monoisotopic (exact) mass is 278 g/mol. The molecule has 106 valence electrons. The van der Waals surface area contributed by atoms with Gasteiger partial charge in [-0.25, -0.2) is 9.78 Å². The first kappa shape index (κ1) is 15.1. The number of aromatic nitrogens is 1. The van der Waals surface area contributed by atoms with Crippen LogP contribution in [0.4, 0.5) is 18.9 Å². The first-order valence-electron chi connectivity index (χ1n) is 5.38. The highest BCUT2D eigenvalue weighted by molar-refractivity contribution is 5.87. The fraction of sp³-hybridized carbons (Fsp3) is 0.455. The van der Waals surface area contributed by atoms with Crippen molar-refractivity contribution < 1.29 is 27.4 Å². The highest BCUT2D eigenvalue weighted by Crippen LogP contribution is 2.23. The molecule has 0 aliphatic carbocycles. The summed E-state index contributed by atoms with van der Waals surface area (Å²) in [6.45, 7) is -0.193. The van der Waals surface area contributed by atoms with Crippen molar-refractivity contribution in [2.75, 3.05) is 19.5 Å². The molecular formula is C11H13F3N2O3. The molecule has 5 nitrogen and oxygen atoms in total. The molecule has 19 heavy (non-hydrogen) atoms. The number of nitrogens with two attached hydrogens (primary N) is 1. The van der Waals surface area contributed by atoms with E-state index < -0.39 is 18.6 Å². The van der Waals surface area contributed by atoms with Gasteiger partial charge in [0.2, 0.25) is 5.88 Å². The van der Waals surface area contributed by atoms with Crippen LogP contribution in [-0.2, 0) is 4.74 Å². The number of pyridine rings is 1. The summed E-state index contributed by atoms with van der Waals surface area (Å²) in [5.41, 5.74) is 5.65. The zero-order valence-electron chi connectivity index (χ0n) is 10.2. The van der Waals surface area contributed by atoms with E-state index in [4.69, 9.17) is 10.5 Å². The number of carbonyl (C=O) groups excluding carboxylic acids is 1. The van der Waals surface area contributed by atoms with Gasteiger partial charge in [-0.3, -0.25) is 0 Å². The molecule has 0 saturated carbocycles. The van der Waals surface area contributed by atoms with Crippen LogP contribution in [-0.4, -0.2) is 30.8 Å². The van der Waals surface area contributed by atoms with Crippen LogP contribution in [0.2, 0.25) is 0 Å². The number of rotatable bonds is 5. The summed E-state index contributed by atoms with van der Waals surface area (Å²) >= 11 is 0. The van der Waals surface area contributed by atoms with E-state index in [1.165, 1.54) is 19.2 Å². The number of nitrogen functional groups attached to an aromatic ring is 1. The number of esters is 1. The third kappa shape index (κ3) is 5.02. The molecule has 1 aromatic heterocycles. The molecule has 0 unspecified atom stereocenters. The number of nitrogens with zero attached hydrogens (tertiary/aromatic N) is 1. The van der Waals surface area contributed by atoms with Gasteiger partial charge in [-0.15, -0.1) is 0 Å². The van der Waals surface area contributed by atoms with Crippen molar-refractivity contribution in [3.8, 4) is 5.88 Å². The van der Waals surface area contributed by atoms with Gasteiger partial charge in [0.25, 0.3) is 0 Å². The van der Waals surface area contributed by atoms with Crippen molar-refractivity contribution >= 4 is 11.7 Å². The number of hydrogen-bond acceptors (Lipinski definition) is 5. The molecule has 2 N–H and O–H groups in total. The SMILES string of the molecule is COC(=O)c1ccc(N)c(OCCCC(F)(F)F)n1. The molecule has 1 heterocycles. The van der Waals surface area contributed by atoms with Gasteiger partial charge in [0, 0.05) is 6.42 Å². The highest BCUT2D eigenvalue weighted by atomic mass is 19.4. The minimum Gasteiger partial charge on any atom is -0.476 e. The Hall–Kier alpha value is -1.99. The second-order valence-corrected chi connectivity index (χ2v) is 3.65. The molecule has 0 fully saturated rings. The molecule has 0 radical (unpaired) electrons. The number of hydrogen-bond donors (Lipinski definition) is 1. The third-order valence-corrected chi connectivity index (χ3v) is 2.13. The highest BCUT2D eigenvalue weighted by Gasteiger charge is 2.26. The van der Waals surface area contributed by atoms with Crippen LogP contribution in [0.3, 0.4) is 0 Å². The largest absolute Gasteiger partial charge is 0.476 e. The van der Waals surface area contributed by atoms with Gasteiger partial charge in [0.05, 0.1) is 19.4 Å². The molecule has 0 aromatic carbocycles. The maximum atomic E-state index is 11.9. The Labute approximate surface area is 107 Å². The zero-order chi connectivity index (χ0) is 14.5. The molecule has 0 saturated heterocycles. The number of alkyl halides is 3. The quantitative estimate of drug-likeness (QED) is 0.660. The van der Waals surface area contributed by atoms with Crippen LogP contribution in [0.15, 0.2) is 12.1 Å². The van der Waals surface area contributed by atoms with Crippen LogP contribution in [0.1, 0.15) is 23.3 Å². The van der Waals surface area contributed by atoms with Crippen molar-refractivity contribution in [1.29, 1.82) is 0 Å². The van der Waals surface area contributed by atoms with Crippen LogP contribution >= 0.6 is 0 Å². The van der Waals surface area contributed by atoms with Crippen molar-refractivity contribution in [2.24, 2.45) is 0 Å². The predicted octanol–water partition coefficient (Wildman–Crippen LogP) is 2.17. The molecule has 0 bridgehead atoms. The van der Waals surface area contributed by atoms with E-state index in [0.717, 1.165) is 0 Å². The van der Waals surface area contributed by atoms with Gasteiger partial charge in [0.1, 0.15) is 0 Å². The van der Waals surface area contributed by atoms with Gasteiger partial charge in [-0.2, -0.15) is 13.2 Å². The average Bonchev–Trinajstić information content (AvgIpc) is 2.34. The van der Waals surface area contributed by atoms with E-state index >= 15 is 0 Å². The minimum atomic E-state index is -4.23. The van der Waals surface area contributed by atoms with E-state index in [2.05, 4.69) is 9.72 Å². The standard InChI is InChI=1S/C11H13F3N2O3/c1-18-10(17)8-4-3-7(15)9(16-8)19-6-2-5-11(12,13)14/h3-4H,2,5-6,15H2,1H3. The lowest BCUT2D eigenvalue weighted by Crippen LogP contribution is -2.12. The molecule has 1 aromatic rings. The second-order valence-electron chi connectivity index (χ2n) is 3.65. The van der Waals surface area contributed by atoms with Gasteiger partial charge in [-0.05, 0) is 18.6 Å². The van der Waals surface area contributed by atoms with Gasteiger partial charge in [-0.1, -0.05) is 0 Å². The number of ether oxygens (including phenoxy) is 2. The van der Waals surface area contributed by atoms with E-state index in [9.17, 15) is 18.0 Å². The van der Waals surface area contributed by atoms with Gasteiger partial charge in [0.15, 0.2) is 5.69 Å². The second kappa shape index (κ2) is 6.26. The zero-order valence-corrected chi connectivity index (χ0v) is 10.2. The molecular weight excluding hydrogens is 265 g/mol. The fourth-order valence-corrected chi connectivity index (χ4v) is 1.23. The van der Waals surface area contributed by atoms with Gasteiger partial charge < -0.3 is 15.2 Å². The van der Waals surface area contributed by atoms with E-state index in [-0.39, 0.29) is 30.3 Å². The maximum Gasteiger partial charge on any atom is 0.389 e. The summed E-state index contributed by atoms with van der Waals surface area (Å²) in [6.07, 6.45) is -5.40. The van der Waals surface area contributed by atoms with Crippen molar-refractivity contribution in [3.63, 3.8) is 0 Å². The van der Waals surface area contributed by atoms with Crippen molar-refractivity contribution in [1.82, 2.24) is 4.98 Å². The molecule has 0 aliphatic heterocycles. The molecule has 1 rings (SSSR count). The predicted molar refractivity (Wildman–Crippen MR) is 60.8 cm³/mol. The van der Waals surface area contributed by atoms with Crippen molar-refractivity contribution in [2.45, 2.75) is 19.0 Å². The van der Waals surface area contributed by atoms with Crippen LogP contribution < -0.4 is 10.5 Å². The lowest BCUT2D eigenvalue weighted by molar-refractivity contribution is -0.136. The number of carbonyl (C=O) groups is 1. The number of halogens is 3. The Morgan fingerprint density at radius 1 is 1.42 bits per heavy atom. The Kier molecular flexibility index (Phi) is 4.96. The summed E-state index contributed by atoms with van der Waals surface area (Å²) in [4.78, 5) is 15.0. The molecule has 0 amide bonds. The average molecular weight is 278 g/mol. The normalized spacial score (nSPS) is 11.2. The van der Waals surface area contributed by atoms with E-state index in [1.807, 2.05) is 0 Å². The smallest absolute Gasteiger partial charge is 0.389 e. The summed E-state index contributed by atoms with van der Waals surface area (Å²) in [5, 5.41) is 0. The lowest BCUT2D eigenvalue weighted by atomic mass is 10.3. The molecule has 0 aliphatic rings. The topological polar surface area (TPSA) is 74.4 Å². The third-order valence-electron chi connectivity index (χ3n) is 2.13. The summed E-state index contributed by atoms with van der Waals surface area (Å²) in [5.74, 6) is -0.759. The Bertz CT molecular complexity index is 449. The van der Waals surface area contributed by atoms with Crippen LogP contribution in [0.25, 0.3) is 0 Å². The lowest BCUT2D eigenvalue weighted by Gasteiger charge is -2.10. The van der Waals surface area contributed by atoms with Gasteiger partial charge >= 0.3 is 12.1 Å². The summed E-state index contributed by atoms with van der Waals surface area (Å²) in [7, 11) is 1.18. The Morgan fingerprint density at radius 3 is 2.68 bits per heavy atom. The van der Waals surface area contributed by atoms with Crippen LogP contribution in [0, 0.1) is 0 Å². The Balaban J connectivity index is 2.60. The van der Waals surface area contributed by atoms with Crippen LogP contribution in [0.5, 0.6) is 5.88 Å². The molecule has 0 spiro atoms. The molecule has 0 atom stereocenters. The van der Waals surface area contributed by atoms with E-state index in [0.29, 0.717) is 0 Å².